The van der Waals surface area contributed by atoms with Crippen molar-refractivity contribution in [2.75, 3.05) is 13.1 Å². The molecule has 0 bridgehead atoms. The van der Waals surface area contributed by atoms with E-state index in [1.54, 1.807) is 0 Å². The molecule has 0 aromatic heterocycles. The summed E-state index contributed by atoms with van der Waals surface area (Å²) in [5.74, 6) is 0.307. The Morgan fingerprint density at radius 3 is 2.54 bits per heavy atom. The lowest BCUT2D eigenvalue weighted by atomic mass is 10.2. The van der Waals surface area contributed by atoms with E-state index in [0.717, 1.165) is 19.5 Å². The molecule has 78 valence electrons. The number of nitrogens with two attached hydrogens (primary N) is 1. The summed E-state index contributed by atoms with van der Waals surface area (Å²) in [5, 5.41) is 11.4. The van der Waals surface area contributed by atoms with Gasteiger partial charge in [0.15, 0.2) is 0 Å². The van der Waals surface area contributed by atoms with Gasteiger partial charge in [-0.25, -0.2) is 0 Å². The third-order valence-electron chi connectivity index (χ3n) is 2.17. The Morgan fingerprint density at radius 1 is 1.54 bits per heavy atom. The van der Waals surface area contributed by atoms with Gasteiger partial charge in [0.2, 0.25) is 0 Å². The first-order chi connectivity index (χ1) is 6.15. The van der Waals surface area contributed by atoms with Crippen molar-refractivity contribution >= 4 is 5.84 Å². The molecule has 0 aliphatic carbocycles. The van der Waals surface area contributed by atoms with Crippen LogP contribution in [0, 0.1) is 0 Å². The average Bonchev–Trinajstić information content (AvgIpc) is 2.13. The lowest BCUT2D eigenvalue weighted by Gasteiger charge is -2.26. The molecule has 0 saturated carbocycles. The van der Waals surface area contributed by atoms with Gasteiger partial charge in [-0.05, 0) is 26.4 Å². The predicted molar refractivity (Wildman–Crippen MR) is 55.0 cm³/mol. The second-order valence-electron chi connectivity index (χ2n) is 3.27. The zero-order valence-corrected chi connectivity index (χ0v) is 8.82. The molecule has 0 amide bonds. The third-order valence-corrected chi connectivity index (χ3v) is 2.17. The van der Waals surface area contributed by atoms with Crippen molar-refractivity contribution in [2.45, 2.75) is 39.7 Å². The van der Waals surface area contributed by atoms with Gasteiger partial charge in [-0.1, -0.05) is 19.0 Å². The van der Waals surface area contributed by atoms with Crippen molar-refractivity contribution < 1.29 is 5.21 Å². The summed E-state index contributed by atoms with van der Waals surface area (Å²) in [6, 6.07) is 0.348. The maximum atomic E-state index is 8.41. The highest BCUT2D eigenvalue weighted by Gasteiger charge is 2.12. The van der Waals surface area contributed by atoms with E-state index in [9.17, 15) is 0 Å². The van der Waals surface area contributed by atoms with Crippen LogP contribution in [0.4, 0.5) is 0 Å². The number of hydrogen-bond acceptors (Lipinski definition) is 3. The fourth-order valence-corrected chi connectivity index (χ4v) is 1.45. The predicted octanol–water partition coefficient (Wildman–Crippen LogP) is 1.24. The van der Waals surface area contributed by atoms with Gasteiger partial charge in [0, 0.05) is 12.5 Å². The zero-order chi connectivity index (χ0) is 10.3. The highest BCUT2D eigenvalue weighted by Crippen LogP contribution is 2.04. The number of hydrogen-bond donors (Lipinski definition) is 2. The lowest BCUT2D eigenvalue weighted by Crippen LogP contribution is -2.36. The number of nitrogens with zero attached hydrogens (tertiary/aromatic N) is 2. The Hall–Kier alpha value is -0.770. The number of rotatable bonds is 6. The second-order valence-corrected chi connectivity index (χ2v) is 3.27. The van der Waals surface area contributed by atoms with Crippen LogP contribution in [0.2, 0.25) is 0 Å². The lowest BCUT2D eigenvalue weighted by molar-refractivity contribution is 0.222. The number of amidine groups is 1. The minimum absolute atomic E-state index is 0.307. The molecule has 3 N–H and O–H groups in total. The van der Waals surface area contributed by atoms with Crippen LogP contribution in [0.5, 0.6) is 0 Å². The maximum absolute atomic E-state index is 8.41. The largest absolute Gasteiger partial charge is 0.409 e. The Morgan fingerprint density at radius 2 is 2.15 bits per heavy atom. The van der Waals surface area contributed by atoms with Gasteiger partial charge in [0.1, 0.15) is 5.84 Å². The van der Waals surface area contributed by atoms with Gasteiger partial charge >= 0.3 is 0 Å². The molecule has 0 aliphatic heterocycles. The summed E-state index contributed by atoms with van der Waals surface area (Å²) in [6.45, 7) is 8.44. The minimum Gasteiger partial charge on any atom is -0.409 e. The summed E-state index contributed by atoms with van der Waals surface area (Å²) in [7, 11) is 0. The molecular weight excluding hydrogens is 166 g/mol. The molecule has 0 aromatic carbocycles. The monoisotopic (exact) mass is 187 g/mol. The van der Waals surface area contributed by atoms with Gasteiger partial charge in [0.05, 0.1) is 0 Å². The van der Waals surface area contributed by atoms with Crippen LogP contribution in [0.25, 0.3) is 0 Å². The smallest absolute Gasteiger partial charge is 0.140 e. The van der Waals surface area contributed by atoms with Gasteiger partial charge in [-0.3, -0.25) is 0 Å². The van der Waals surface area contributed by atoms with Crippen molar-refractivity contribution in [3.63, 3.8) is 0 Å². The summed E-state index contributed by atoms with van der Waals surface area (Å²) >= 11 is 0. The van der Waals surface area contributed by atoms with Gasteiger partial charge < -0.3 is 15.8 Å². The van der Waals surface area contributed by atoms with E-state index in [2.05, 4.69) is 30.8 Å². The molecule has 0 radical (unpaired) electrons. The molecule has 0 fully saturated rings. The average molecular weight is 187 g/mol. The van der Waals surface area contributed by atoms with Crippen molar-refractivity contribution in [3.8, 4) is 0 Å². The summed E-state index contributed by atoms with van der Waals surface area (Å²) in [5.41, 5.74) is 5.44. The fourth-order valence-electron chi connectivity index (χ4n) is 1.45. The zero-order valence-electron chi connectivity index (χ0n) is 8.82. The molecule has 13 heavy (non-hydrogen) atoms. The quantitative estimate of drug-likeness (QED) is 0.285. The molecule has 4 heteroatoms. The molecule has 0 heterocycles. The van der Waals surface area contributed by atoms with Crippen molar-refractivity contribution in [3.05, 3.63) is 0 Å². The van der Waals surface area contributed by atoms with E-state index in [0.29, 0.717) is 18.3 Å². The Bertz CT molecular complexity index is 159. The van der Waals surface area contributed by atoms with E-state index < -0.39 is 0 Å². The van der Waals surface area contributed by atoms with E-state index in [1.807, 2.05) is 0 Å². The maximum Gasteiger partial charge on any atom is 0.140 e. The summed E-state index contributed by atoms with van der Waals surface area (Å²) < 4.78 is 0. The van der Waals surface area contributed by atoms with Gasteiger partial charge in [-0.2, -0.15) is 0 Å². The highest BCUT2D eigenvalue weighted by atomic mass is 16.4. The van der Waals surface area contributed by atoms with E-state index in [1.165, 1.54) is 0 Å². The van der Waals surface area contributed by atoms with Gasteiger partial charge in [0.25, 0.3) is 0 Å². The second kappa shape index (κ2) is 6.71. The normalized spacial score (nSPS) is 14.9. The minimum atomic E-state index is 0.307. The molecule has 0 rings (SSSR count). The molecule has 1 atom stereocenters. The fraction of sp³-hybridized carbons (Fsp3) is 0.889. The van der Waals surface area contributed by atoms with Crippen LogP contribution in [0.15, 0.2) is 5.16 Å². The Labute approximate surface area is 80.4 Å². The summed E-state index contributed by atoms with van der Waals surface area (Å²) in [4.78, 5) is 2.32. The Balaban J connectivity index is 3.97. The number of oxime groups is 1. The van der Waals surface area contributed by atoms with Crippen molar-refractivity contribution in [1.82, 2.24) is 4.90 Å². The molecule has 0 saturated heterocycles. The summed E-state index contributed by atoms with van der Waals surface area (Å²) in [6.07, 6.45) is 1.76. The Kier molecular flexibility index (Phi) is 6.32. The molecule has 1 unspecified atom stereocenters. The molecule has 4 nitrogen and oxygen atoms in total. The SMILES string of the molecule is CCCN(CC)C(C)CC(N)=NO. The highest BCUT2D eigenvalue weighted by molar-refractivity contribution is 5.80. The first kappa shape index (κ1) is 12.2. The van der Waals surface area contributed by atoms with Gasteiger partial charge in [-0.15, -0.1) is 0 Å². The van der Waals surface area contributed by atoms with Crippen LogP contribution < -0.4 is 5.73 Å². The molecule has 0 spiro atoms. The first-order valence-electron chi connectivity index (χ1n) is 4.86. The van der Waals surface area contributed by atoms with E-state index in [4.69, 9.17) is 10.9 Å². The molecule has 0 aromatic rings. The van der Waals surface area contributed by atoms with E-state index in [-0.39, 0.29) is 0 Å². The molecule has 0 aliphatic rings. The first-order valence-corrected chi connectivity index (χ1v) is 4.86. The topological polar surface area (TPSA) is 61.8 Å². The van der Waals surface area contributed by atoms with Crippen molar-refractivity contribution in [1.29, 1.82) is 0 Å². The standard InChI is InChI=1S/C9H21N3O/c1-4-6-12(5-2)8(3)7-9(10)11-13/h8,13H,4-7H2,1-3H3,(H2,10,11). The molecular formula is C9H21N3O. The van der Waals surface area contributed by atoms with Crippen LogP contribution in [-0.4, -0.2) is 35.1 Å². The third kappa shape index (κ3) is 4.72. The van der Waals surface area contributed by atoms with Crippen molar-refractivity contribution in [2.24, 2.45) is 10.9 Å². The van der Waals surface area contributed by atoms with Crippen LogP contribution >= 0.6 is 0 Å². The van der Waals surface area contributed by atoms with E-state index >= 15 is 0 Å². The van der Waals surface area contributed by atoms with Crippen LogP contribution in [0.1, 0.15) is 33.6 Å². The van der Waals surface area contributed by atoms with Crippen LogP contribution in [0.3, 0.4) is 0 Å². The van der Waals surface area contributed by atoms with Crippen LogP contribution in [-0.2, 0) is 0 Å².